The van der Waals surface area contributed by atoms with Crippen LogP contribution in [0.25, 0.3) is 0 Å². The van der Waals surface area contributed by atoms with E-state index in [1.807, 2.05) is 18.2 Å². The molecule has 4 heteroatoms. The molecule has 6 rings (SSSR count). The zero-order valence-corrected chi connectivity index (χ0v) is 14.5. The van der Waals surface area contributed by atoms with Crippen LogP contribution >= 0.6 is 0 Å². The summed E-state index contributed by atoms with van der Waals surface area (Å²) in [4.78, 5) is 24.0. The molecule has 4 saturated carbocycles. The number of cyclic esters (lactones) is 1. The molecule has 0 N–H and O–H groups in total. The van der Waals surface area contributed by atoms with Crippen LogP contribution in [-0.4, -0.2) is 17.5 Å². The van der Waals surface area contributed by atoms with Crippen molar-refractivity contribution in [2.24, 2.45) is 17.8 Å². The molecule has 1 heterocycles. The third kappa shape index (κ3) is 2.76. The Morgan fingerprint density at radius 1 is 1.12 bits per heavy atom. The zero-order valence-electron chi connectivity index (χ0n) is 14.5. The minimum Gasteiger partial charge on any atom is -0.459 e. The summed E-state index contributed by atoms with van der Waals surface area (Å²) >= 11 is 0. The average molecular weight is 340 g/mol. The van der Waals surface area contributed by atoms with Crippen molar-refractivity contribution >= 4 is 11.9 Å². The average Bonchev–Trinajstić information content (AvgIpc) is 2.92. The predicted octanol–water partition coefficient (Wildman–Crippen LogP) is 3.80. The fourth-order valence-electron chi connectivity index (χ4n) is 6.04. The van der Waals surface area contributed by atoms with E-state index in [1.54, 1.807) is 0 Å². The lowest BCUT2D eigenvalue weighted by molar-refractivity contribution is -0.186. The van der Waals surface area contributed by atoms with E-state index < -0.39 is 0 Å². The number of fused-ring (bicyclic) bond motifs is 1. The van der Waals surface area contributed by atoms with Gasteiger partial charge in [-0.3, -0.25) is 4.79 Å². The molecule has 0 radical (unpaired) electrons. The van der Waals surface area contributed by atoms with Gasteiger partial charge < -0.3 is 9.47 Å². The number of rotatable bonds is 4. The number of benzene rings is 1. The Bertz CT molecular complexity index is 700. The number of hydrogen-bond acceptors (Lipinski definition) is 4. The molecule has 0 atom stereocenters. The number of ether oxygens (including phenoxy) is 2. The van der Waals surface area contributed by atoms with Crippen LogP contribution in [0.1, 0.15) is 66.4 Å². The molecule has 0 unspecified atom stereocenters. The SMILES string of the molecule is O=C(CCc1ccc2c(c1)COC2=O)OC12CC3CC(CC(C3)C1)C2. The molecule has 4 nitrogen and oxygen atoms in total. The van der Waals surface area contributed by atoms with Crippen molar-refractivity contribution < 1.29 is 19.1 Å². The van der Waals surface area contributed by atoms with E-state index in [0.717, 1.165) is 48.1 Å². The Hall–Kier alpha value is -1.84. The summed E-state index contributed by atoms with van der Waals surface area (Å²) < 4.78 is 11.1. The Kier molecular flexibility index (Phi) is 3.44. The van der Waals surface area contributed by atoms with Crippen molar-refractivity contribution in [1.29, 1.82) is 0 Å². The first-order chi connectivity index (χ1) is 12.1. The van der Waals surface area contributed by atoms with E-state index in [2.05, 4.69) is 0 Å². The second kappa shape index (κ2) is 5.58. The number of carbonyl (C=O) groups is 2. The monoisotopic (exact) mass is 340 g/mol. The molecule has 1 aromatic carbocycles. The Labute approximate surface area is 147 Å². The molecule has 0 amide bonds. The largest absolute Gasteiger partial charge is 0.459 e. The Morgan fingerprint density at radius 2 is 1.80 bits per heavy atom. The van der Waals surface area contributed by atoms with E-state index in [-0.39, 0.29) is 17.5 Å². The topological polar surface area (TPSA) is 52.6 Å². The van der Waals surface area contributed by atoms with Gasteiger partial charge >= 0.3 is 11.9 Å². The first-order valence-electron chi connectivity index (χ1n) is 9.59. The van der Waals surface area contributed by atoms with Crippen molar-refractivity contribution in [2.75, 3.05) is 0 Å². The van der Waals surface area contributed by atoms with Crippen LogP contribution in [0.2, 0.25) is 0 Å². The summed E-state index contributed by atoms with van der Waals surface area (Å²) in [5.41, 5.74) is 2.50. The molecule has 1 aliphatic heterocycles. The highest BCUT2D eigenvalue weighted by Gasteiger charge is 2.53. The Balaban J connectivity index is 1.21. The smallest absolute Gasteiger partial charge is 0.338 e. The predicted molar refractivity (Wildman–Crippen MR) is 90.9 cm³/mol. The van der Waals surface area contributed by atoms with Crippen LogP contribution in [0.3, 0.4) is 0 Å². The number of hydrogen-bond donors (Lipinski definition) is 0. The van der Waals surface area contributed by atoms with Gasteiger partial charge in [-0.1, -0.05) is 12.1 Å². The van der Waals surface area contributed by atoms with Crippen LogP contribution in [0.5, 0.6) is 0 Å². The van der Waals surface area contributed by atoms with Crippen molar-refractivity contribution in [2.45, 2.75) is 63.6 Å². The zero-order chi connectivity index (χ0) is 17.0. The highest BCUT2D eigenvalue weighted by atomic mass is 16.6. The minimum absolute atomic E-state index is 0.0604. The highest BCUT2D eigenvalue weighted by molar-refractivity contribution is 5.93. The molecule has 0 spiro atoms. The second-order valence-corrected chi connectivity index (χ2v) is 8.64. The third-order valence-corrected chi connectivity index (χ3v) is 6.68. The fraction of sp³-hybridized carbons (Fsp3) is 0.619. The highest BCUT2D eigenvalue weighted by Crippen LogP contribution is 2.57. The van der Waals surface area contributed by atoms with Crippen molar-refractivity contribution in [3.8, 4) is 0 Å². The van der Waals surface area contributed by atoms with E-state index in [4.69, 9.17) is 9.47 Å². The van der Waals surface area contributed by atoms with E-state index in [0.29, 0.717) is 25.0 Å². The van der Waals surface area contributed by atoms with Crippen LogP contribution in [-0.2, 0) is 27.3 Å². The first kappa shape index (κ1) is 15.4. The van der Waals surface area contributed by atoms with Gasteiger partial charge in [-0.15, -0.1) is 0 Å². The molecule has 0 saturated heterocycles. The molecule has 4 aliphatic carbocycles. The van der Waals surface area contributed by atoms with Crippen molar-refractivity contribution in [3.63, 3.8) is 0 Å². The van der Waals surface area contributed by atoms with Gasteiger partial charge in [0.05, 0.1) is 5.56 Å². The number of carbonyl (C=O) groups excluding carboxylic acids is 2. The Morgan fingerprint density at radius 3 is 2.48 bits per heavy atom. The van der Waals surface area contributed by atoms with E-state index in [9.17, 15) is 9.59 Å². The first-order valence-corrected chi connectivity index (χ1v) is 9.59. The van der Waals surface area contributed by atoms with E-state index >= 15 is 0 Å². The van der Waals surface area contributed by atoms with Gasteiger partial charge in [0, 0.05) is 12.0 Å². The molecule has 4 bridgehead atoms. The van der Waals surface area contributed by atoms with Gasteiger partial charge in [-0.05, 0) is 74.3 Å². The third-order valence-electron chi connectivity index (χ3n) is 6.68. The fourth-order valence-corrected chi connectivity index (χ4v) is 6.04. The van der Waals surface area contributed by atoms with Crippen LogP contribution in [0.4, 0.5) is 0 Å². The lowest BCUT2D eigenvalue weighted by Gasteiger charge is -2.55. The maximum Gasteiger partial charge on any atom is 0.338 e. The lowest BCUT2D eigenvalue weighted by Crippen LogP contribution is -2.52. The summed E-state index contributed by atoms with van der Waals surface area (Å²) in [6, 6.07) is 5.71. The molecule has 0 aromatic heterocycles. The normalized spacial score (nSPS) is 34.7. The second-order valence-electron chi connectivity index (χ2n) is 8.64. The molecule has 25 heavy (non-hydrogen) atoms. The van der Waals surface area contributed by atoms with E-state index in [1.165, 1.54) is 19.3 Å². The molecule has 4 fully saturated rings. The maximum absolute atomic E-state index is 12.5. The van der Waals surface area contributed by atoms with Crippen LogP contribution in [0.15, 0.2) is 18.2 Å². The van der Waals surface area contributed by atoms with Crippen LogP contribution in [0, 0.1) is 17.8 Å². The molecule has 1 aromatic rings. The van der Waals surface area contributed by atoms with Crippen molar-refractivity contribution in [1.82, 2.24) is 0 Å². The van der Waals surface area contributed by atoms with Gasteiger partial charge in [-0.2, -0.15) is 0 Å². The molecule has 132 valence electrons. The quantitative estimate of drug-likeness (QED) is 0.782. The van der Waals surface area contributed by atoms with Gasteiger partial charge in [0.25, 0.3) is 0 Å². The molecular weight excluding hydrogens is 316 g/mol. The summed E-state index contributed by atoms with van der Waals surface area (Å²) in [6.45, 7) is 0.347. The van der Waals surface area contributed by atoms with Gasteiger partial charge in [0.2, 0.25) is 0 Å². The van der Waals surface area contributed by atoms with Gasteiger partial charge in [-0.25, -0.2) is 4.79 Å². The molecular formula is C21H24O4. The van der Waals surface area contributed by atoms with Gasteiger partial charge in [0.1, 0.15) is 12.2 Å². The van der Waals surface area contributed by atoms with Crippen LogP contribution < -0.4 is 0 Å². The summed E-state index contributed by atoms with van der Waals surface area (Å²) in [6.07, 6.45) is 8.39. The maximum atomic E-state index is 12.5. The summed E-state index contributed by atoms with van der Waals surface area (Å²) in [5, 5.41) is 0. The summed E-state index contributed by atoms with van der Waals surface area (Å²) in [5.74, 6) is 2.05. The van der Waals surface area contributed by atoms with Gasteiger partial charge in [0.15, 0.2) is 0 Å². The number of esters is 2. The lowest BCUT2D eigenvalue weighted by atomic mass is 9.54. The standard InChI is InChI=1S/C21H24O4/c22-19(4-2-13-1-3-18-17(8-13)12-24-20(18)23)25-21-9-14-5-15(10-21)7-16(6-14)11-21/h1,3,8,14-16H,2,4-7,9-12H2. The minimum atomic E-state index is -0.247. The number of aryl methyl sites for hydroxylation is 1. The molecule has 5 aliphatic rings. The summed E-state index contributed by atoms with van der Waals surface area (Å²) in [7, 11) is 0. The van der Waals surface area contributed by atoms with Crippen molar-refractivity contribution in [3.05, 3.63) is 34.9 Å².